The van der Waals surface area contributed by atoms with Gasteiger partial charge in [-0.2, -0.15) is 0 Å². The van der Waals surface area contributed by atoms with E-state index in [1.807, 2.05) is 20.0 Å². The number of aryl methyl sites for hydroxylation is 1. The fourth-order valence-corrected chi connectivity index (χ4v) is 4.34. The lowest BCUT2D eigenvalue weighted by molar-refractivity contribution is 0.243. The molecular weight excluding hydrogens is 370 g/mol. The van der Waals surface area contributed by atoms with E-state index in [9.17, 15) is 0 Å². The van der Waals surface area contributed by atoms with E-state index in [0.29, 0.717) is 6.04 Å². The Hall–Kier alpha value is -2.12. The molecule has 1 fully saturated rings. The van der Waals surface area contributed by atoms with Gasteiger partial charge in [0.2, 0.25) is 0 Å². The molecule has 1 saturated heterocycles. The van der Waals surface area contributed by atoms with Gasteiger partial charge in [0.1, 0.15) is 5.75 Å². The summed E-state index contributed by atoms with van der Waals surface area (Å²) in [5.41, 5.74) is 2.36. The summed E-state index contributed by atoms with van der Waals surface area (Å²) in [5.74, 6) is 1.79. The quantitative estimate of drug-likeness (QED) is 0.570. The highest BCUT2D eigenvalue weighted by atomic mass is 32.1. The number of nitrogens with zero attached hydrogens (tertiary/aromatic N) is 4. The van der Waals surface area contributed by atoms with E-state index in [-0.39, 0.29) is 0 Å². The second kappa shape index (κ2) is 9.89. The number of guanidine groups is 1. The maximum atomic E-state index is 5.44. The van der Waals surface area contributed by atoms with Crippen LogP contribution in [0, 0.1) is 6.92 Å². The second-order valence-corrected chi connectivity index (χ2v) is 8.24. The number of aliphatic imine (C=N–C) groups is 1. The fraction of sp³-hybridized carbons (Fsp3) is 0.524. The summed E-state index contributed by atoms with van der Waals surface area (Å²) in [6.07, 6.45) is 2.52. The first-order valence-corrected chi connectivity index (χ1v) is 10.7. The van der Waals surface area contributed by atoms with Crippen molar-refractivity contribution >= 4 is 17.3 Å². The highest BCUT2D eigenvalue weighted by molar-refractivity contribution is 7.09. The fourth-order valence-electron chi connectivity index (χ4n) is 3.73. The molecule has 6 nitrogen and oxygen atoms in total. The molecular formula is C21H31N5OS. The van der Waals surface area contributed by atoms with Crippen LogP contribution in [0.15, 0.2) is 34.6 Å². The van der Waals surface area contributed by atoms with Gasteiger partial charge in [-0.3, -0.25) is 9.89 Å². The lowest BCUT2D eigenvalue weighted by Crippen LogP contribution is -2.43. The molecule has 2 aromatic rings. The monoisotopic (exact) mass is 401 g/mol. The van der Waals surface area contributed by atoms with Crippen LogP contribution < -0.4 is 10.1 Å². The zero-order valence-electron chi connectivity index (χ0n) is 17.3. The minimum atomic E-state index is 0.296. The largest absolute Gasteiger partial charge is 0.497 e. The molecule has 0 bridgehead atoms. The number of thiazole rings is 1. The normalized spacial score (nSPS) is 16.2. The third-order valence-corrected chi connectivity index (χ3v) is 5.97. The van der Waals surface area contributed by atoms with Crippen molar-refractivity contribution in [3.05, 3.63) is 45.9 Å². The van der Waals surface area contributed by atoms with Gasteiger partial charge in [0.05, 0.1) is 30.4 Å². The van der Waals surface area contributed by atoms with E-state index >= 15 is 0 Å². The zero-order valence-corrected chi connectivity index (χ0v) is 18.1. The first kappa shape index (κ1) is 20.6. The van der Waals surface area contributed by atoms with Gasteiger partial charge in [-0.1, -0.05) is 12.1 Å². The van der Waals surface area contributed by atoms with Gasteiger partial charge in [0, 0.05) is 26.0 Å². The van der Waals surface area contributed by atoms with Crippen LogP contribution in [0.2, 0.25) is 0 Å². The molecule has 3 rings (SSSR count). The number of nitrogens with one attached hydrogen (secondary N) is 1. The van der Waals surface area contributed by atoms with Crippen LogP contribution in [0.3, 0.4) is 0 Å². The SMILES string of the molecule is CN=C(NCC(c1cccc(OC)c1)N1CCCC1)N(C)Cc1csc(C)n1. The van der Waals surface area contributed by atoms with E-state index in [1.165, 1.54) is 18.4 Å². The van der Waals surface area contributed by atoms with Crippen LogP contribution in [0.1, 0.15) is 35.1 Å². The van der Waals surface area contributed by atoms with E-state index in [2.05, 4.69) is 55.7 Å². The van der Waals surface area contributed by atoms with Gasteiger partial charge in [0.15, 0.2) is 5.96 Å². The molecule has 0 amide bonds. The van der Waals surface area contributed by atoms with Crippen molar-refractivity contribution in [2.75, 3.05) is 40.8 Å². The maximum Gasteiger partial charge on any atom is 0.193 e. The Morgan fingerprint density at radius 1 is 1.39 bits per heavy atom. The molecule has 1 aliphatic rings. The molecule has 28 heavy (non-hydrogen) atoms. The third kappa shape index (κ3) is 5.23. The van der Waals surface area contributed by atoms with E-state index in [0.717, 1.165) is 48.6 Å². The zero-order chi connectivity index (χ0) is 19.9. The Kier molecular flexibility index (Phi) is 7.28. The van der Waals surface area contributed by atoms with Crippen LogP contribution >= 0.6 is 11.3 Å². The maximum absolute atomic E-state index is 5.44. The summed E-state index contributed by atoms with van der Waals surface area (Å²) in [6, 6.07) is 8.71. The van der Waals surface area contributed by atoms with Crippen LogP contribution in [-0.2, 0) is 6.54 Å². The molecule has 7 heteroatoms. The molecule has 0 radical (unpaired) electrons. The minimum Gasteiger partial charge on any atom is -0.497 e. The second-order valence-electron chi connectivity index (χ2n) is 7.18. The lowest BCUT2D eigenvalue weighted by atomic mass is 10.1. The molecule has 152 valence electrons. The molecule has 0 spiro atoms. The van der Waals surface area contributed by atoms with Crippen molar-refractivity contribution in [3.8, 4) is 5.75 Å². The molecule has 1 aliphatic heterocycles. The number of methoxy groups -OCH3 is 1. The molecule has 1 aromatic heterocycles. The van der Waals surface area contributed by atoms with Gasteiger partial charge >= 0.3 is 0 Å². The Labute approximate surface area is 172 Å². The molecule has 0 saturated carbocycles. The van der Waals surface area contributed by atoms with Crippen molar-refractivity contribution in [2.45, 2.75) is 32.4 Å². The minimum absolute atomic E-state index is 0.296. The van der Waals surface area contributed by atoms with Crippen molar-refractivity contribution in [2.24, 2.45) is 4.99 Å². The van der Waals surface area contributed by atoms with Crippen LogP contribution in [0.5, 0.6) is 5.75 Å². The molecule has 1 N–H and O–H groups in total. The number of ether oxygens (including phenoxy) is 1. The lowest BCUT2D eigenvalue weighted by Gasteiger charge is -2.30. The highest BCUT2D eigenvalue weighted by Crippen LogP contribution is 2.27. The summed E-state index contributed by atoms with van der Waals surface area (Å²) < 4.78 is 5.44. The number of hydrogen-bond acceptors (Lipinski definition) is 5. The van der Waals surface area contributed by atoms with Crippen molar-refractivity contribution in [1.82, 2.24) is 20.1 Å². The summed E-state index contributed by atoms with van der Waals surface area (Å²) in [4.78, 5) is 13.7. The number of likely N-dealkylation sites (tertiary alicyclic amines) is 1. The number of aromatic nitrogens is 1. The number of hydrogen-bond donors (Lipinski definition) is 1. The predicted octanol–water partition coefficient (Wildman–Crippen LogP) is 3.30. The van der Waals surface area contributed by atoms with Gasteiger partial charge in [0.25, 0.3) is 0 Å². The smallest absolute Gasteiger partial charge is 0.193 e. The summed E-state index contributed by atoms with van der Waals surface area (Å²) in [6.45, 7) is 5.86. The first-order valence-electron chi connectivity index (χ1n) is 9.81. The summed E-state index contributed by atoms with van der Waals surface area (Å²) >= 11 is 1.68. The number of rotatable bonds is 7. The topological polar surface area (TPSA) is 53.0 Å². The highest BCUT2D eigenvalue weighted by Gasteiger charge is 2.24. The Bertz CT molecular complexity index is 785. The molecule has 1 aromatic carbocycles. The van der Waals surface area contributed by atoms with Crippen molar-refractivity contribution in [1.29, 1.82) is 0 Å². The Morgan fingerprint density at radius 2 is 2.18 bits per heavy atom. The van der Waals surface area contributed by atoms with Crippen molar-refractivity contribution in [3.63, 3.8) is 0 Å². The van der Waals surface area contributed by atoms with Gasteiger partial charge < -0.3 is 15.0 Å². The van der Waals surface area contributed by atoms with Gasteiger partial charge in [-0.15, -0.1) is 11.3 Å². The van der Waals surface area contributed by atoms with E-state index < -0.39 is 0 Å². The van der Waals surface area contributed by atoms with Gasteiger partial charge in [-0.05, 0) is 50.6 Å². The average molecular weight is 402 g/mol. The van der Waals surface area contributed by atoms with Crippen molar-refractivity contribution < 1.29 is 4.74 Å². The summed E-state index contributed by atoms with van der Waals surface area (Å²) in [5, 5.41) is 6.79. The number of benzene rings is 1. The predicted molar refractivity (Wildman–Crippen MR) is 116 cm³/mol. The standard InChI is InChI=1S/C21H31N5OS/c1-16-24-18(15-28-16)14-25(3)21(22-2)23-13-20(26-10-5-6-11-26)17-8-7-9-19(12-17)27-4/h7-9,12,15,20H,5-6,10-11,13-14H2,1-4H3,(H,22,23). The van der Waals surface area contributed by atoms with E-state index in [1.54, 1.807) is 18.4 Å². The van der Waals surface area contributed by atoms with Crippen LogP contribution in [0.25, 0.3) is 0 Å². The Morgan fingerprint density at radius 3 is 2.82 bits per heavy atom. The molecule has 1 atom stereocenters. The van der Waals surface area contributed by atoms with Crippen LogP contribution in [0.4, 0.5) is 0 Å². The van der Waals surface area contributed by atoms with Crippen LogP contribution in [-0.4, -0.2) is 61.6 Å². The molecule has 0 aliphatic carbocycles. The Balaban J connectivity index is 1.69. The first-order chi connectivity index (χ1) is 13.6. The molecule has 1 unspecified atom stereocenters. The average Bonchev–Trinajstić information content (AvgIpc) is 3.37. The summed E-state index contributed by atoms with van der Waals surface area (Å²) in [7, 11) is 5.61. The van der Waals surface area contributed by atoms with Gasteiger partial charge in [-0.25, -0.2) is 4.98 Å². The molecule has 2 heterocycles. The van der Waals surface area contributed by atoms with E-state index in [4.69, 9.17) is 4.74 Å². The third-order valence-electron chi connectivity index (χ3n) is 5.15.